The highest BCUT2D eigenvalue weighted by Crippen LogP contribution is 2.18. The van der Waals surface area contributed by atoms with Gasteiger partial charge in [0.2, 0.25) is 0 Å². The molecule has 0 atom stereocenters. The number of benzene rings is 2. The Kier molecular flexibility index (Phi) is 7.68. The molecule has 1 aromatic heterocycles. The number of likely N-dealkylation sites (N-methyl/N-ethyl adjacent to an activating group) is 1. The number of aromatic nitrogens is 2. The van der Waals surface area contributed by atoms with Crippen LogP contribution in [0, 0.1) is 0 Å². The van der Waals surface area contributed by atoms with E-state index in [0.717, 1.165) is 10.1 Å². The summed E-state index contributed by atoms with van der Waals surface area (Å²) in [5.41, 5.74) is 6.41. The summed E-state index contributed by atoms with van der Waals surface area (Å²) < 4.78 is 7.16. The summed E-state index contributed by atoms with van der Waals surface area (Å²) >= 11 is 0. The van der Waals surface area contributed by atoms with E-state index in [1.165, 1.54) is 11.6 Å². The molecular weight excluding hydrogens is 436 g/mol. The van der Waals surface area contributed by atoms with Crippen molar-refractivity contribution in [3.05, 3.63) is 92.1 Å². The number of anilines is 2. The van der Waals surface area contributed by atoms with Crippen LogP contribution in [0.15, 0.2) is 64.2 Å². The number of nitrogens with two attached hydrogens (primary N) is 1. The van der Waals surface area contributed by atoms with Crippen LogP contribution in [-0.4, -0.2) is 40.6 Å². The average molecular weight is 465 g/mol. The maximum Gasteiger partial charge on any atom is 0.338 e. The van der Waals surface area contributed by atoms with E-state index < -0.39 is 23.0 Å². The van der Waals surface area contributed by atoms with Crippen LogP contribution in [-0.2, 0) is 18.3 Å². The highest BCUT2D eigenvalue weighted by Gasteiger charge is 2.23. The Bertz CT molecular complexity index is 1310. The van der Waals surface area contributed by atoms with E-state index in [2.05, 4.69) is 0 Å². The van der Waals surface area contributed by atoms with Gasteiger partial charge in [0, 0.05) is 19.3 Å². The largest absolute Gasteiger partial charge is 0.462 e. The molecule has 0 aliphatic heterocycles. The highest BCUT2D eigenvalue weighted by molar-refractivity contribution is 6.02. The number of ketones is 1. The van der Waals surface area contributed by atoms with E-state index in [4.69, 9.17) is 10.5 Å². The predicted molar refractivity (Wildman–Crippen MR) is 131 cm³/mol. The monoisotopic (exact) mass is 464 g/mol. The fourth-order valence-electron chi connectivity index (χ4n) is 3.65. The van der Waals surface area contributed by atoms with Crippen LogP contribution < -0.4 is 21.9 Å². The second-order valence-corrected chi connectivity index (χ2v) is 7.69. The molecule has 178 valence electrons. The molecule has 0 fully saturated rings. The highest BCUT2D eigenvalue weighted by atomic mass is 16.5. The van der Waals surface area contributed by atoms with E-state index >= 15 is 0 Å². The summed E-state index contributed by atoms with van der Waals surface area (Å²) in [7, 11) is 1.32. The second-order valence-electron chi connectivity index (χ2n) is 7.69. The number of esters is 1. The average Bonchev–Trinajstić information content (AvgIpc) is 2.85. The third kappa shape index (κ3) is 5.09. The Hall–Kier alpha value is -4.14. The molecular formula is C25H28N4O5. The maximum atomic E-state index is 13.3. The fourth-order valence-corrected chi connectivity index (χ4v) is 3.65. The quantitative estimate of drug-likeness (QED) is 0.381. The molecule has 0 aliphatic rings. The third-order valence-corrected chi connectivity index (χ3v) is 5.48. The van der Waals surface area contributed by atoms with Gasteiger partial charge in [-0.1, -0.05) is 36.4 Å². The Morgan fingerprint density at radius 1 is 1.03 bits per heavy atom. The van der Waals surface area contributed by atoms with Crippen molar-refractivity contribution in [2.75, 3.05) is 30.3 Å². The molecule has 0 radical (unpaired) electrons. The molecule has 2 aromatic carbocycles. The van der Waals surface area contributed by atoms with Crippen LogP contribution in [0.5, 0.6) is 0 Å². The van der Waals surface area contributed by atoms with Crippen molar-refractivity contribution in [3.8, 4) is 0 Å². The maximum absolute atomic E-state index is 13.3. The summed E-state index contributed by atoms with van der Waals surface area (Å²) in [6.07, 6.45) is 0. The summed E-state index contributed by atoms with van der Waals surface area (Å²) in [6, 6.07) is 15.9. The molecule has 0 saturated carbocycles. The smallest absolute Gasteiger partial charge is 0.338 e. The molecule has 3 rings (SSSR count). The molecule has 0 unspecified atom stereocenters. The molecule has 0 spiro atoms. The zero-order valence-electron chi connectivity index (χ0n) is 19.5. The number of hydrogen-bond acceptors (Lipinski definition) is 7. The number of rotatable bonds is 9. The minimum atomic E-state index is -0.742. The molecule has 1 heterocycles. The fraction of sp³-hybridized carbons (Fsp3) is 0.280. The summed E-state index contributed by atoms with van der Waals surface area (Å²) in [4.78, 5) is 52.7. The number of nitrogen functional groups attached to an aromatic ring is 1. The lowest BCUT2D eigenvalue weighted by Gasteiger charge is -2.23. The van der Waals surface area contributed by atoms with Gasteiger partial charge in [0.15, 0.2) is 5.78 Å². The molecule has 0 aliphatic carbocycles. The summed E-state index contributed by atoms with van der Waals surface area (Å²) in [5.74, 6) is -1.15. The molecule has 3 aromatic rings. The predicted octanol–water partition coefficient (Wildman–Crippen LogP) is 2.06. The van der Waals surface area contributed by atoms with Gasteiger partial charge in [-0.05, 0) is 37.6 Å². The third-order valence-electron chi connectivity index (χ3n) is 5.48. The Morgan fingerprint density at radius 3 is 2.38 bits per heavy atom. The SMILES string of the molecule is CCOC(=O)c1cccc(N(CC)CC(=O)c2c(N)n(Cc3ccccc3)c(=O)n(C)c2=O)c1. The van der Waals surface area contributed by atoms with Crippen molar-refractivity contribution in [1.82, 2.24) is 9.13 Å². The zero-order chi connectivity index (χ0) is 24.8. The molecule has 0 amide bonds. The van der Waals surface area contributed by atoms with Gasteiger partial charge in [0.1, 0.15) is 11.4 Å². The van der Waals surface area contributed by atoms with Gasteiger partial charge in [0.05, 0.1) is 25.3 Å². The second kappa shape index (κ2) is 10.7. The van der Waals surface area contributed by atoms with E-state index in [1.807, 2.05) is 37.3 Å². The Balaban J connectivity index is 1.96. The van der Waals surface area contributed by atoms with Crippen molar-refractivity contribution < 1.29 is 14.3 Å². The van der Waals surface area contributed by atoms with Gasteiger partial charge in [-0.3, -0.25) is 18.7 Å². The minimum Gasteiger partial charge on any atom is -0.462 e. The molecule has 2 N–H and O–H groups in total. The first-order valence-electron chi connectivity index (χ1n) is 11.0. The molecule has 9 nitrogen and oxygen atoms in total. The summed E-state index contributed by atoms with van der Waals surface area (Å²) in [6.45, 7) is 4.22. The van der Waals surface area contributed by atoms with Crippen LogP contribution in [0.2, 0.25) is 0 Å². The number of carbonyl (C=O) groups excluding carboxylic acids is 2. The van der Waals surface area contributed by atoms with Gasteiger partial charge < -0.3 is 15.4 Å². The molecule has 0 saturated heterocycles. The van der Waals surface area contributed by atoms with Gasteiger partial charge in [-0.15, -0.1) is 0 Å². The van der Waals surface area contributed by atoms with Crippen molar-refractivity contribution in [2.24, 2.45) is 7.05 Å². The molecule has 0 bridgehead atoms. The Labute approximate surface area is 197 Å². The lowest BCUT2D eigenvalue weighted by molar-refractivity contribution is 0.0526. The zero-order valence-corrected chi connectivity index (χ0v) is 19.5. The van der Waals surface area contributed by atoms with Gasteiger partial charge in [0.25, 0.3) is 5.56 Å². The number of ether oxygens (including phenoxy) is 1. The van der Waals surface area contributed by atoms with Crippen LogP contribution in [0.4, 0.5) is 11.5 Å². The number of hydrogen-bond donors (Lipinski definition) is 1. The summed E-state index contributed by atoms with van der Waals surface area (Å²) in [5, 5.41) is 0. The van der Waals surface area contributed by atoms with E-state index in [9.17, 15) is 19.2 Å². The Morgan fingerprint density at radius 2 is 1.74 bits per heavy atom. The lowest BCUT2D eigenvalue weighted by atomic mass is 10.1. The number of carbonyl (C=O) groups is 2. The number of Topliss-reactive ketones (excluding diaryl/α,β-unsaturated/α-hetero) is 1. The minimum absolute atomic E-state index is 0.124. The normalized spacial score (nSPS) is 10.7. The van der Waals surface area contributed by atoms with Gasteiger partial charge >= 0.3 is 11.7 Å². The van der Waals surface area contributed by atoms with Crippen molar-refractivity contribution in [2.45, 2.75) is 20.4 Å². The van der Waals surface area contributed by atoms with Gasteiger partial charge in [-0.2, -0.15) is 0 Å². The first kappa shape index (κ1) is 24.5. The van der Waals surface area contributed by atoms with Crippen molar-refractivity contribution in [3.63, 3.8) is 0 Å². The van der Waals surface area contributed by atoms with E-state index in [0.29, 0.717) is 17.8 Å². The molecule has 34 heavy (non-hydrogen) atoms. The number of nitrogens with zero attached hydrogens (tertiary/aromatic N) is 3. The molecule has 9 heteroatoms. The van der Waals surface area contributed by atoms with Crippen molar-refractivity contribution >= 4 is 23.3 Å². The van der Waals surface area contributed by atoms with Crippen LogP contribution >= 0.6 is 0 Å². The van der Waals surface area contributed by atoms with Gasteiger partial charge in [-0.25, -0.2) is 9.59 Å². The topological polar surface area (TPSA) is 117 Å². The van der Waals surface area contributed by atoms with Crippen LogP contribution in [0.3, 0.4) is 0 Å². The first-order chi connectivity index (χ1) is 16.3. The van der Waals surface area contributed by atoms with Crippen LogP contribution in [0.25, 0.3) is 0 Å². The first-order valence-corrected chi connectivity index (χ1v) is 11.0. The van der Waals surface area contributed by atoms with E-state index in [-0.39, 0.29) is 31.1 Å². The van der Waals surface area contributed by atoms with E-state index in [1.54, 1.807) is 36.1 Å². The van der Waals surface area contributed by atoms with Crippen LogP contribution in [0.1, 0.15) is 40.1 Å². The lowest BCUT2D eigenvalue weighted by Crippen LogP contribution is -2.44. The van der Waals surface area contributed by atoms with Crippen molar-refractivity contribution in [1.29, 1.82) is 0 Å². The standard InChI is InChI=1S/C25H28N4O5/c1-4-28(19-13-9-12-18(14-19)24(32)34-5-2)16-20(30)21-22(26)29(25(33)27(3)23(21)31)15-17-10-7-6-8-11-17/h6-14H,4-5,15-16,26H2,1-3H3.